The molecule has 0 aliphatic carbocycles. The van der Waals surface area contributed by atoms with Crippen LogP contribution in [-0.2, 0) is 19.4 Å². The van der Waals surface area contributed by atoms with Crippen LogP contribution in [0.2, 0.25) is 0 Å². The van der Waals surface area contributed by atoms with E-state index in [9.17, 15) is 9.59 Å². The number of aromatic nitrogens is 4. The summed E-state index contributed by atoms with van der Waals surface area (Å²) in [5.41, 5.74) is 6.31. The number of nitrogens with zero attached hydrogens (tertiary/aromatic N) is 3. The minimum Gasteiger partial charge on any atom is -0.296 e. The van der Waals surface area contributed by atoms with Gasteiger partial charge in [0.15, 0.2) is 5.82 Å². The molecular formula is C30H28KN4O3. The Morgan fingerprint density at radius 1 is 0.868 bits per heavy atom. The quantitative estimate of drug-likeness (QED) is 0.291. The molecule has 1 radical (unpaired) electrons. The van der Waals surface area contributed by atoms with Crippen molar-refractivity contribution in [2.24, 2.45) is 0 Å². The van der Waals surface area contributed by atoms with E-state index in [1.165, 1.54) is 0 Å². The third-order valence-electron chi connectivity index (χ3n) is 6.47. The van der Waals surface area contributed by atoms with Crippen molar-refractivity contribution >= 4 is 51.4 Å². The molecule has 8 heteroatoms. The second kappa shape index (κ2) is 12.8. The Hall–Kier alpha value is -2.88. The first-order valence-corrected chi connectivity index (χ1v) is 12.4. The molecule has 38 heavy (non-hydrogen) atoms. The summed E-state index contributed by atoms with van der Waals surface area (Å²) in [6, 6.07) is 25.8. The Labute approximate surface area is 263 Å². The van der Waals surface area contributed by atoms with Crippen LogP contribution in [0.1, 0.15) is 41.6 Å². The molecule has 3 aromatic carbocycles. The molecule has 0 spiro atoms. The number of rotatable bonds is 8. The minimum absolute atomic E-state index is 0. The molecule has 0 aliphatic heterocycles. The fourth-order valence-electron chi connectivity index (χ4n) is 4.60. The van der Waals surface area contributed by atoms with Gasteiger partial charge >= 0.3 is 5.76 Å². The van der Waals surface area contributed by atoms with Crippen molar-refractivity contribution < 1.29 is 4.52 Å². The molecule has 5 aromatic rings. The fraction of sp³-hybridized carbons (Fsp3) is 0.200. The zero-order chi connectivity index (χ0) is 25.8. The second-order valence-electron chi connectivity index (χ2n) is 9.08. The van der Waals surface area contributed by atoms with Gasteiger partial charge in [0.1, 0.15) is 5.82 Å². The number of benzene rings is 3. The smallest absolute Gasteiger partial charge is 0.296 e. The van der Waals surface area contributed by atoms with Gasteiger partial charge in [0.05, 0.1) is 6.54 Å². The summed E-state index contributed by atoms with van der Waals surface area (Å²) >= 11 is 0. The van der Waals surface area contributed by atoms with Crippen LogP contribution in [0.15, 0.2) is 93.0 Å². The number of aryl methyl sites for hydroxylation is 2. The van der Waals surface area contributed by atoms with Gasteiger partial charge in [0, 0.05) is 81.0 Å². The third-order valence-corrected chi connectivity index (χ3v) is 6.47. The van der Waals surface area contributed by atoms with Crippen LogP contribution < -0.4 is 11.3 Å². The largest absolute Gasteiger partial charge is 0.439 e. The molecule has 0 amide bonds. The summed E-state index contributed by atoms with van der Waals surface area (Å²) in [7, 11) is 0. The first-order valence-electron chi connectivity index (χ1n) is 12.4. The zero-order valence-corrected chi connectivity index (χ0v) is 25.0. The Kier molecular flexibility index (Phi) is 9.46. The van der Waals surface area contributed by atoms with Crippen LogP contribution in [0.5, 0.6) is 0 Å². The van der Waals surface area contributed by atoms with Crippen LogP contribution in [0, 0.1) is 6.92 Å². The molecule has 0 aliphatic rings. The molecule has 0 bridgehead atoms. The standard InChI is InChI=1S/C30H28N4O3.K/c1-3-9-27-31-20(2)26(18-21-10-5-4-6-11-21)29(35)34(27)19-22-14-16-23(17-15-22)24-12-7-8-13-25(24)28-32-30(36)37-33-28;/h4-8,10-17H,3,9,18-19H2,1-2H3,(H,32,33,36);. The van der Waals surface area contributed by atoms with Crippen molar-refractivity contribution in [2.75, 3.05) is 0 Å². The summed E-state index contributed by atoms with van der Waals surface area (Å²) < 4.78 is 6.51. The van der Waals surface area contributed by atoms with E-state index in [1.54, 1.807) is 0 Å². The van der Waals surface area contributed by atoms with E-state index in [0.717, 1.165) is 57.7 Å². The monoisotopic (exact) mass is 531 g/mol. The van der Waals surface area contributed by atoms with Crippen molar-refractivity contribution in [3.8, 4) is 22.5 Å². The number of hydrogen-bond donors (Lipinski definition) is 1. The average molecular weight is 532 g/mol. The summed E-state index contributed by atoms with van der Waals surface area (Å²) in [6.07, 6.45) is 2.21. The SMILES string of the molecule is CCCc1nc(C)c(Cc2ccccc2)c(=O)n1Cc1ccc(-c2ccccc2-c2noc(=O)[nH]2)cc1.[K]. The summed E-state index contributed by atoms with van der Waals surface area (Å²) in [5, 5.41) is 3.84. The topological polar surface area (TPSA) is 93.8 Å². The van der Waals surface area contributed by atoms with Crippen LogP contribution in [0.4, 0.5) is 0 Å². The van der Waals surface area contributed by atoms with Crippen LogP contribution >= 0.6 is 0 Å². The number of nitrogens with one attached hydrogen (secondary N) is 1. The molecule has 2 heterocycles. The van der Waals surface area contributed by atoms with E-state index in [-0.39, 0.29) is 56.9 Å². The maximum atomic E-state index is 13.7. The summed E-state index contributed by atoms with van der Waals surface area (Å²) in [6.45, 7) is 4.47. The maximum Gasteiger partial charge on any atom is 0.439 e. The summed E-state index contributed by atoms with van der Waals surface area (Å²) in [5.74, 6) is 0.607. The van der Waals surface area contributed by atoms with Gasteiger partial charge in [-0.2, -0.15) is 0 Å². The minimum atomic E-state index is -0.591. The second-order valence-corrected chi connectivity index (χ2v) is 9.08. The van der Waals surface area contributed by atoms with Gasteiger partial charge in [-0.3, -0.25) is 18.9 Å². The number of H-pyrrole nitrogens is 1. The molecular weight excluding hydrogens is 503 g/mol. The van der Waals surface area contributed by atoms with Crippen molar-refractivity contribution in [1.29, 1.82) is 0 Å². The zero-order valence-electron chi connectivity index (χ0n) is 21.9. The molecule has 187 valence electrons. The third kappa shape index (κ3) is 6.22. The van der Waals surface area contributed by atoms with Crippen molar-refractivity contribution in [3.63, 3.8) is 0 Å². The Bertz CT molecular complexity index is 1640. The Morgan fingerprint density at radius 2 is 1.55 bits per heavy atom. The van der Waals surface area contributed by atoms with Gasteiger partial charge < -0.3 is 0 Å². The van der Waals surface area contributed by atoms with Crippen molar-refractivity contribution in [2.45, 2.75) is 39.7 Å². The number of aromatic amines is 1. The van der Waals surface area contributed by atoms with E-state index in [1.807, 2.05) is 90.4 Å². The Balaban J connectivity index is 0.00000336. The fourth-order valence-corrected chi connectivity index (χ4v) is 4.60. The summed E-state index contributed by atoms with van der Waals surface area (Å²) in [4.78, 5) is 32.6. The van der Waals surface area contributed by atoms with E-state index in [2.05, 4.69) is 17.1 Å². The first-order chi connectivity index (χ1) is 18.0. The van der Waals surface area contributed by atoms with E-state index >= 15 is 0 Å². The maximum absolute atomic E-state index is 13.7. The predicted molar refractivity (Wildman–Crippen MR) is 149 cm³/mol. The normalized spacial score (nSPS) is 10.8. The molecule has 0 unspecified atom stereocenters. The van der Waals surface area contributed by atoms with Gasteiger partial charge in [-0.1, -0.05) is 90.9 Å². The number of hydrogen-bond acceptors (Lipinski definition) is 5. The Morgan fingerprint density at radius 3 is 2.21 bits per heavy atom. The molecule has 0 fully saturated rings. The predicted octanol–water partition coefficient (Wildman–Crippen LogP) is 4.77. The van der Waals surface area contributed by atoms with Gasteiger partial charge in [-0.15, -0.1) is 0 Å². The molecule has 5 rings (SSSR count). The van der Waals surface area contributed by atoms with Gasteiger partial charge in [-0.05, 0) is 35.6 Å². The van der Waals surface area contributed by atoms with Gasteiger partial charge in [0.25, 0.3) is 5.56 Å². The van der Waals surface area contributed by atoms with Gasteiger partial charge in [-0.25, -0.2) is 9.78 Å². The van der Waals surface area contributed by atoms with Crippen LogP contribution in [-0.4, -0.2) is 71.1 Å². The van der Waals surface area contributed by atoms with E-state index < -0.39 is 5.76 Å². The molecule has 0 saturated carbocycles. The van der Waals surface area contributed by atoms with Crippen LogP contribution in [0.25, 0.3) is 22.5 Å². The van der Waals surface area contributed by atoms with Crippen molar-refractivity contribution in [1.82, 2.24) is 19.7 Å². The van der Waals surface area contributed by atoms with E-state index in [0.29, 0.717) is 18.8 Å². The molecule has 2 aromatic heterocycles. The average Bonchev–Trinajstić information content (AvgIpc) is 3.36. The van der Waals surface area contributed by atoms with Gasteiger partial charge in [0.2, 0.25) is 0 Å². The molecule has 0 atom stereocenters. The molecule has 0 saturated heterocycles. The van der Waals surface area contributed by atoms with E-state index in [4.69, 9.17) is 9.51 Å². The molecule has 7 nitrogen and oxygen atoms in total. The van der Waals surface area contributed by atoms with Crippen LogP contribution in [0.3, 0.4) is 0 Å². The first kappa shape index (κ1) is 28.1. The van der Waals surface area contributed by atoms with Crippen molar-refractivity contribution in [3.05, 3.63) is 128 Å². The molecule has 1 N–H and O–H groups in total.